The Morgan fingerprint density at radius 2 is 1.62 bits per heavy atom. The van der Waals surface area contributed by atoms with Crippen LogP contribution in [0.25, 0.3) is 10.8 Å². The van der Waals surface area contributed by atoms with E-state index in [-0.39, 0.29) is 22.8 Å². The van der Waals surface area contributed by atoms with Gasteiger partial charge in [0.15, 0.2) is 0 Å². The summed E-state index contributed by atoms with van der Waals surface area (Å²) in [6.07, 6.45) is 1.65. The summed E-state index contributed by atoms with van der Waals surface area (Å²) >= 11 is 0. The summed E-state index contributed by atoms with van der Waals surface area (Å²) < 4.78 is 30.8. The number of amides is 1. The predicted molar refractivity (Wildman–Crippen MR) is 157 cm³/mol. The van der Waals surface area contributed by atoms with E-state index < -0.39 is 10.0 Å². The van der Waals surface area contributed by atoms with Crippen LogP contribution < -0.4 is 10.6 Å². The molecule has 0 radical (unpaired) electrons. The molecule has 7 heteroatoms. The summed E-state index contributed by atoms with van der Waals surface area (Å²) in [5.41, 5.74) is 3.01. The fraction of sp³-hybridized carbons (Fsp3) is 0.281. The first kappa shape index (κ1) is 27.1. The van der Waals surface area contributed by atoms with E-state index in [0.717, 1.165) is 37.1 Å². The van der Waals surface area contributed by atoms with E-state index in [1.54, 1.807) is 22.5 Å². The number of hydrogen-bond donors (Lipinski definition) is 2. The van der Waals surface area contributed by atoms with Crippen molar-refractivity contribution in [3.63, 3.8) is 0 Å². The van der Waals surface area contributed by atoms with Crippen molar-refractivity contribution in [3.05, 3.63) is 108 Å². The number of benzene rings is 4. The summed E-state index contributed by atoms with van der Waals surface area (Å²) in [6, 6.07) is 27.9. The first-order chi connectivity index (χ1) is 18.9. The molecule has 0 spiro atoms. The summed E-state index contributed by atoms with van der Waals surface area (Å²) in [5.74, 6) is -0.00349. The zero-order chi connectivity index (χ0) is 27.4. The van der Waals surface area contributed by atoms with E-state index in [1.807, 2.05) is 79.7 Å². The molecule has 1 aliphatic rings. The Balaban J connectivity index is 1.57. The van der Waals surface area contributed by atoms with Gasteiger partial charge in [-0.1, -0.05) is 86.1 Å². The lowest BCUT2D eigenvalue weighted by Gasteiger charge is -2.39. The molecule has 1 heterocycles. The van der Waals surface area contributed by atoms with Crippen LogP contribution in [0, 0.1) is 12.8 Å². The van der Waals surface area contributed by atoms with Crippen LogP contribution in [0.4, 0.5) is 5.69 Å². The van der Waals surface area contributed by atoms with Gasteiger partial charge in [-0.05, 0) is 61.7 Å². The smallest absolute Gasteiger partial charge is 0.255 e. The van der Waals surface area contributed by atoms with Crippen molar-refractivity contribution in [2.45, 2.75) is 44.2 Å². The quantitative estimate of drug-likeness (QED) is 0.288. The molecule has 202 valence electrons. The fourth-order valence-corrected chi connectivity index (χ4v) is 7.50. The first-order valence-corrected chi connectivity index (χ1v) is 15.0. The highest BCUT2D eigenvalue weighted by molar-refractivity contribution is 7.89. The lowest BCUT2D eigenvalue weighted by atomic mass is 9.91. The number of fused-ring (bicyclic) bond motifs is 1. The Labute approximate surface area is 231 Å². The molecule has 0 aliphatic carbocycles. The number of nitrogens with one attached hydrogen (secondary N) is 2. The standard InChI is InChI=1S/C32H35N3O3S/c1-3-25-21-33-20-19-30(25)35(22-24-12-5-4-6-13-24)39(37,38)31-18-17-29(27-15-9-10-16-28(27)31)34-32(36)26-14-8-7-11-23(26)2/h4-18,25,30,33H,3,19-22H2,1-2H3,(H,34,36). The summed E-state index contributed by atoms with van der Waals surface area (Å²) in [7, 11) is -3.88. The predicted octanol–water partition coefficient (Wildman–Crippen LogP) is 5.98. The molecular formula is C32H35N3O3S. The molecule has 1 aliphatic heterocycles. The number of rotatable bonds is 8. The molecule has 0 aromatic heterocycles. The lowest BCUT2D eigenvalue weighted by Crippen LogP contribution is -2.51. The van der Waals surface area contributed by atoms with Gasteiger partial charge in [0.2, 0.25) is 10.0 Å². The van der Waals surface area contributed by atoms with Crippen molar-refractivity contribution < 1.29 is 13.2 Å². The Morgan fingerprint density at radius 3 is 2.36 bits per heavy atom. The largest absolute Gasteiger partial charge is 0.321 e. The highest BCUT2D eigenvalue weighted by Gasteiger charge is 2.38. The van der Waals surface area contributed by atoms with Gasteiger partial charge in [0.1, 0.15) is 0 Å². The molecule has 4 aromatic carbocycles. The molecule has 0 saturated carbocycles. The van der Waals surface area contributed by atoms with Crippen molar-refractivity contribution in [3.8, 4) is 0 Å². The molecule has 39 heavy (non-hydrogen) atoms. The van der Waals surface area contributed by atoms with E-state index in [2.05, 4.69) is 17.6 Å². The Morgan fingerprint density at radius 1 is 0.923 bits per heavy atom. The van der Waals surface area contributed by atoms with E-state index in [1.165, 1.54) is 0 Å². The van der Waals surface area contributed by atoms with Crippen LogP contribution in [-0.4, -0.2) is 37.8 Å². The van der Waals surface area contributed by atoms with E-state index in [0.29, 0.717) is 28.6 Å². The average Bonchev–Trinajstić information content (AvgIpc) is 2.96. The molecule has 6 nitrogen and oxygen atoms in total. The van der Waals surface area contributed by atoms with Gasteiger partial charge in [-0.2, -0.15) is 4.31 Å². The topological polar surface area (TPSA) is 78.5 Å². The van der Waals surface area contributed by atoms with Gasteiger partial charge in [0, 0.05) is 34.6 Å². The molecule has 2 unspecified atom stereocenters. The molecule has 4 aromatic rings. The van der Waals surface area contributed by atoms with Crippen LogP contribution in [0.2, 0.25) is 0 Å². The van der Waals surface area contributed by atoms with Crippen molar-refractivity contribution in [1.29, 1.82) is 0 Å². The lowest BCUT2D eigenvalue weighted by molar-refractivity contribution is 0.102. The number of piperidine rings is 1. The number of anilines is 1. The van der Waals surface area contributed by atoms with Crippen LogP contribution in [0.3, 0.4) is 0 Å². The molecule has 2 atom stereocenters. The number of carbonyl (C=O) groups excluding carboxylic acids is 1. The monoisotopic (exact) mass is 541 g/mol. The molecular weight excluding hydrogens is 506 g/mol. The van der Waals surface area contributed by atoms with Gasteiger partial charge in [-0.3, -0.25) is 4.79 Å². The highest BCUT2D eigenvalue weighted by atomic mass is 32.2. The van der Waals surface area contributed by atoms with Gasteiger partial charge in [0.05, 0.1) is 4.90 Å². The SMILES string of the molecule is CCC1CNCCC1N(Cc1ccccc1)S(=O)(=O)c1ccc(NC(=O)c2ccccc2C)c2ccccc12. The number of sulfonamides is 1. The first-order valence-electron chi connectivity index (χ1n) is 13.6. The van der Waals surface area contributed by atoms with Gasteiger partial charge >= 0.3 is 0 Å². The highest BCUT2D eigenvalue weighted by Crippen LogP contribution is 2.35. The zero-order valence-corrected chi connectivity index (χ0v) is 23.2. The Bertz CT molecular complexity index is 1570. The summed E-state index contributed by atoms with van der Waals surface area (Å²) in [5, 5.41) is 7.74. The minimum Gasteiger partial charge on any atom is -0.321 e. The van der Waals surface area contributed by atoms with E-state index in [9.17, 15) is 13.2 Å². The van der Waals surface area contributed by atoms with Crippen LogP contribution in [0.5, 0.6) is 0 Å². The van der Waals surface area contributed by atoms with Crippen molar-refractivity contribution in [1.82, 2.24) is 9.62 Å². The van der Waals surface area contributed by atoms with E-state index in [4.69, 9.17) is 0 Å². The third-order valence-electron chi connectivity index (χ3n) is 7.75. The third-order valence-corrected chi connectivity index (χ3v) is 9.68. The van der Waals surface area contributed by atoms with Gasteiger partial charge < -0.3 is 10.6 Å². The second kappa shape index (κ2) is 11.7. The molecule has 1 saturated heterocycles. The maximum Gasteiger partial charge on any atom is 0.255 e. The molecule has 2 N–H and O–H groups in total. The minimum absolute atomic E-state index is 0.111. The number of carbonyl (C=O) groups is 1. The number of nitrogens with zero attached hydrogens (tertiary/aromatic N) is 1. The fourth-order valence-electron chi connectivity index (χ4n) is 5.60. The number of aryl methyl sites for hydroxylation is 1. The Kier molecular flexibility index (Phi) is 8.12. The number of hydrogen-bond acceptors (Lipinski definition) is 4. The van der Waals surface area contributed by atoms with Crippen molar-refractivity contribution in [2.75, 3.05) is 18.4 Å². The average molecular weight is 542 g/mol. The molecule has 0 bridgehead atoms. The van der Waals surface area contributed by atoms with Gasteiger partial charge in [-0.15, -0.1) is 0 Å². The van der Waals surface area contributed by atoms with Crippen LogP contribution >= 0.6 is 0 Å². The molecule has 5 rings (SSSR count). The minimum atomic E-state index is -3.88. The van der Waals surface area contributed by atoms with Crippen molar-refractivity contribution >= 4 is 32.4 Å². The molecule has 1 fully saturated rings. The van der Waals surface area contributed by atoms with Crippen LogP contribution in [0.1, 0.15) is 41.3 Å². The van der Waals surface area contributed by atoms with Crippen LogP contribution in [0.15, 0.2) is 95.9 Å². The second-order valence-electron chi connectivity index (χ2n) is 10.2. The van der Waals surface area contributed by atoms with E-state index >= 15 is 0 Å². The summed E-state index contributed by atoms with van der Waals surface area (Å²) in [6.45, 7) is 5.91. The van der Waals surface area contributed by atoms with Gasteiger partial charge in [-0.25, -0.2) is 8.42 Å². The maximum absolute atomic E-state index is 14.5. The zero-order valence-electron chi connectivity index (χ0n) is 22.4. The maximum atomic E-state index is 14.5. The van der Waals surface area contributed by atoms with Gasteiger partial charge in [0.25, 0.3) is 5.91 Å². The Hall–Kier alpha value is -3.52. The third kappa shape index (κ3) is 5.62. The molecule has 1 amide bonds. The summed E-state index contributed by atoms with van der Waals surface area (Å²) in [4.78, 5) is 13.4. The van der Waals surface area contributed by atoms with Crippen LogP contribution in [-0.2, 0) is 16.6 Å². The van der Waals surface area contributed by atoms with Crippen molar-refractivity contribution in [2.24, 2.45) is 5.92 Å². The normalized spacial score (nSPS) is 17.8. The second-order valence-corrected chi connectivity index (χ2v) is 12.0.